The molecule has 152 valence electrons. The lowest BCUT2D eigenvalue weighted by atomic mass is 10.0. The average molecular weight is 381 g/mol. The highest BCUT2D eigenvalue weighted by Crippen LogP contribution is 2.19. The van der Waals surface area contributed by atoms with Crippen molar-refractivity contribution in [2.45, 2.75) is 96.9 Å². The van der Waals surface area contributed by atoms with E-state index in [0.29, 0.717) is 12.5 Å². The molecule has 1 unspecified atom stereocenters. The van der Waals surface area contributed by atoms with E-state index in [2.05, 4.69) is 32.1 Å². The zero-order chi connectivity index (χ0) is 19.2. The first kappa shape index (κ1) is 24.8. The van der Waals surface area contributed by atoms with Gasteiger partial charge in [0.25, 0.3) is 0 Å². The monoisotopic (exact) mass is 380 g/mol. The molecule has 0 amide bonds. The molecular formula is C19H42NO4S+. The summed E-state index contributed by atoms with van der Waals surface area (Å²) in [4.78, 5) is 0. The van der Waals surface area contributed by atoms with E-state index in [9.17, 15) is 8.42 Å². The maximum absolute atomic E-state index is 10.6. The lowest BCUT2D eigenvalue weighted by Gasteiger charge is -2.38. The Bertz CT molecular complexity index is 410. The van der Waals surface area contributed by atoms with Gasteiger partial charge < -0.3 is 4.48 Å². The predicted molar refractivity (Wildman–Crippen MR) is 105 cm³/mol. The van der Waals surface area contributed by atoms with E-state index in [1.807, 2.05) is 0 Å². The van der Waals surface area contributed by atoms with E-state index in [4.69, 9.17) is 4.55 Å². The van der Waals surface area contributed by atoms with Crippen molar-refractivity contribution in [3.8, 4) is 0 Å². The number of unbranched alkanes of at least 4 members (excludes halogenated alkanes) is 8. The number of rotatable bonds is 17. The molecule has 0 radical (unpaired) electrons. The molecule has 5 nitrogen and oxygen atoms in total. The SMILES string of the molecule is CCCCCCCCCCCC(CC)[N+](C)(C)CCCOS(=O)(=O)O. The Kier molecular flexibility index (Phi) is 13.9. The van der Waals surface area contributed by atoms with Crippen molar-refractivity contribution in [3.63, 3.8) is 0 Å². The first-order chi connectivity index (χ1) is 11.7. The second kappa shape index (κ2) is 14.0. The maximum atomic E-state index is 10.6. The van der Waals surface area contributed by atoms with Crippen molar-refractivity contribution in [1.29, 1.82) is 0 Å². The third kappa shape index (κ3) is 14.7. The molecule has 0 aliphatic rings. The van der Waals surface area contributed by atoms with Crippen LogP contribution in [0.4, 0.5) is 0 Å². The highest BCUT2D eigenvalue weighted by Gasteiger charge is 2.25. The van der Waals surface area contributed by atoms with Gasteiger partial charge >= 0.3 is 10.4 Å². The summed E-state index contributed by atoms with van der Waals surface area (Å²) in [6.07, 6.45) is 15.1. The Morgan fingerprint density at radius 3 is 1.88 bits per heavy atom. The molecule has 0 saturated carbocycles. The van der Waals surface area contributed by atoms with Gasteiger partial charge in [0, 0.05) is 6.42 Å². The zero-order valence-electron chi connectivity index (χ0n) is 17.0. The Hall–Kier alpha value is -0.170. The highest BCUT2D eigenvalue weighted by molar-refractivity contribution is 7.80. The van der Waals surface area contributed by atoms with Crippen LogP contribution in [0.1, 0.15) is 90.9 Å². The highest BCUT2D eigenvalue weighted by atomic mass is 32.3. The van der Waals surface area contributed by atoms with Crippen molar-refractivity contribution in [2.24, 2.45) is 0 Å². The second-order valence-electron chi connectivity index (χ2n) is 7.78. The Labute approximate surface area is 156 Å². The van der Waals surface area contributed by atoms with Crippen LogP contribution >= 0.6 is 0 Å². The molecule has 0 heterocycles. The topological polar surface area (TPSA) is 63.6 Å². The summed E-state index contributed by atoms with van der Waals surface area (Å²) < 4.78 is 35.0. The van der Waals surface area contributed by atoms with E-state index in [1.165, 1.54) is 64.2 Å². The number of nitrogens with zero attached hydrogens (tertiary/aromatic N) is 1. The van der Waals surface area contributed by atoms with Crippen molar-refractivity contribution in [3.05, 3.63) is 0 Å². The van der Waals surface area contributed by atoms with E-state index < -0.39 is 10.4 Å². The number of hydrogen-bond acceptors (Lipinski definition) is 3. The predicted octanol–water partition coefficient (Wildman–Crippen LogP) is 4.97. The van der Waals surface area contributed by atoms with Crippen molar-refractivity contribution < 1.29 is 21.6 Å². The van der Waals surface area contributed by atoms with E-state index in [-0.39, 0.29) is 6.61 Å². The quantitative estimate of drug-likeness (QED) is 0.220. The minimum absolute atomic E-state index is 0.0506. The Balaban J connectivity index is 3.86. The summed E-state index contributed by atoms with van der Waals surface area (Å²) in [5, 5.41) is 0. The summed E-state index contributed by atoms with van der Waals surface area (Å²) >= 11 is 0. The van der Waals surface area contributed by atoms with Crippen molar-refractivity contribution >= 4 is 10.4 Å². The summed E-state index contributed by atoms with van der Waals surface area (Å²) in [6.45, 7) is 5.39. The minimum atomic E-state index is -4.31. The fourth-order valence-electron chi connectivity index (χ4n) is 3.56. The lowest BCUT2D eigenvalue weighted by Crippen LogP contribution is -2.49. The van der Waals surface area contributed by atoms with Gasteiger partial charge in [-0.05, 0) is 19.3 Å². The molecule has 0 aliphatic carbocycles. The van der Waals surface area contributed by atoms with Gasteiger partial charge in [0.05, 0.1) is 33.3 Å². The van der Waals surface area contributed by atoms with Crippen LogP contribution in [-0.4, -0.2) is 50.7 Å². The van der Waals surface area contributed by atoms with E-state index in [1.54, 1.807) is 0 Å². The van der Waals surface area contributed by atoms with Gasteiger partial charge in [-0.15, -0.1) is 0 Å². The molecule has 1 atom stereocenters. The summed E-state index contributed by atoms with van der Waals surface area (Å²) in [5.74, 6) is 0. The Morgan fingerprint density at radius 2 is 1.40 bits per heavy atom. The fourth-order valence-corrected chi connectivity index (χ4v) is 3.89. The molecular weight excluding hydrogens is 338 g/mol. The fraction of sp³-hybridized carbons (Fsp3) is 1.00. The average Bonchev–Trinajstić information content (AvgIpc) is 2.52. The molecule has 0 aromatic carbocycles. The molecule has 6 heteroatoms. The van der Waals surface area contributed by atoms with Crippen LogP contribution < -0.4 is 0 Å². The standard InChI is InChI=1S/C19H41NO4S/c1-5-7-8-9-10-11-12-13-14-16-19(6-2)20(3,4)17-15-18-24-25(21,22)23/h19H,5-18H2,1-4H3/p+1. The molecule has 0 saturated heterocycles. The smallest absolute Gasteiger partial charge is 0.326 e. The number of hydrogen-bond donors (Lipinski definition) is 1. The van der Waals surface area contributed by atoms with Gasteiger partial charge in [-0.25, -0.2) is 4.18 Å². The third-order valence-electron chi connectivity index (χ3n) is 5.21. The van der Waals surface area contributed by atoms with E-state index in [0.717, 1.165) is 17.4 Å². The molecule has 0 aliphatic heterocycles. The lowest BCUT2D eigenvalue weighted by molar-refractivity contribution is -0.915. The maximum Gasteiger partial charge on any atom is 0.397 e. The van der Waals surface area contributed by atoms with Crippen LogP contribution in [0, 0.1) is 0 Å². The van der Waals surface area contributed by atoms with Crippen molar-refractivity contribution in [2.75, 3.05) is 27.2 Å². The molecule has 1 N–H and O–H groups in total. The first-order valence-corrected chi connectivity index (χ1v) is 11.5. The largest absolute Gasteiger partial charge is 0.397 e. The normalized spacial score (nSPS) is 14.0. The second-order valence-corrected chi connectivity index (χ2v) is 8.88. The van der Waals surface area contributed by atoms with Gasteiger partial charge in [0.2, 0.25) is 0 Å². The molecule has 0 spiro atoms. The molecule has 25 heavy (non-hydrogen) atoms. The Morgan fingerprint density at radius 1 is 0.880 bits per heavy atom. The first-order valence-electron chi connectivity index (χ1n) is 10.2. The van der Waals surface area contributed by atoms with Crippen LogP contribution in [0.15, 0.2) is 0 Å². The van der Waals surface area contributed by atoms with Crippen LogP contribution in [0.2, 0.25) is 0 Å². The zero-order valence-corrected chi connectivity index (χ0v) is 17.8. The summed E-state index contributed by atoms with van der Waals surface area (Å²) in [6, 6.07) is 0.593. The third-order valence-corrected chi connectivity index (χ3v) is 5.68. The van der Waals surface area contributed by atoms with Crippen LogP contribution in [0.5, 0.6) is 0 Å². The van der Waals surface area contributed by atoms with Gasteiger partial charge in [0.1, 0.15) is 0 Å². The van der Waals surface area contributed by atoms with Crippen LogP contribution in [0.25, 0.3) is 0 Å². The van der Waals surface area contributed by atoms with Gasteiger partial charge in [-0.3, -0.25) is 4.55 Å². The van der Waals surface area contributed by atoms with E-state index >= 15 is 0 Å². The van der Waals surface area contributed by atoms with Gasteiger partial charge in [-0.2, -0.15) is 8.42 Å². The molecule has 0 aromatic heterocycles. The van der Waals surface area contributed by atoms with Gasteiger partial charge in [0.15, 0.2) is 0 Å². The molecule has 0 fully saturated rings. The van der Waals surface area contributed by atoms with Crippen molar-refractivity contribution in [1.82, 2.24) is 0 Å². The van der Waals surface area contributed by atoms with Gasteiger partial charge in [-0.1, -0.05) is 65.2 Å². The van der Waals surface area contributed by atoms with Crippen LogP contribution in [-0.2, 0) is 14.6 Å². The summed E-state index contributed by atoms with van der Waals surface area (Å²) in [5.41, 5.74) is 0. The minimum Gasteiger partial charge on any atom is -0.326 e. The summed E-state index contributed by atoms with van der Waals surface area (Å²) in [7, 11) is 0.102. The van der Waals surface area contributed by atoms with Crippen LogP contribution in [0.3, 0.4) is 0 Å². The molecule has 0 aromatic rings. The molecule has 0 rings (SSSR count). The molecule has 0 bridgehead atoms. The number of quaternary nitrogens is 1.